The van der Waals surface area contributed by atoms with Crippen LogP contribution in [0.4, 0.5) is 5.69 Å². The molecule has 2 heterocycles. The Morgan fingerprint density at radius 2 is 2.33 bits per heavy atom. The largest absolute Gasteiger partial charge is 0.384 e. The number of nitrogens with zero attached hydrogens (tertiary/aromatic N) is 2. The SMILES string of the molecule is Cc1noc(CCNC(=O)C2CNc3ccccc3C2)n1. The van der Waals surface area contributed by atoms with Gasteiger partial charge in [-0.1, -0.05) is 23.4 Å². The molecule has 1 unspecified atom stereocenters. The highest BCUT2D eigenvalue weighted by Crippen LogP contribution is 2.24. The van der Waals surface area contributed by atoms with E-state index in [1.807, 2.05) is 18.2 Å². The molecule has 1 aromatic heterocycles. The predicted octanol–water partition coefficient (Wildman–Crippen LogP) is 1.32. The first-order valence-corrected chi connectivity index (χ1v) is 7.11. The standard InChI is InChI=1S/C15H18N4O2/c1-10-18-14(21-19-10)6-7-16-15(20)12-8-11-4-2-3-5-13(11)17-9-12/h2-5,12,17H,6-9H2,1H3,(H,16,20). The minimum Gasteiger partial charge on any atom is -0.384 e. The van der Waals surface area contributed by atoms with Gasteiger partial charge < -0.3 is 15.2 Å². The van der Waals surface area contributed by atoms with Crippen molar-refractivity contribution in [3.05, 3.63) is 41.5 Å². The van der Waals surface area contributed by atoms with E-state index in [2.05, 4.69) is 26.8 Å². The molecule has 1 aromatic carbocycles. The monoisotopic (exact) mass is 286 g/mol. The Balaban J connectivity index is 1.50. The summed E-state index contributed by atoms with van der Waals surface area (Å²) in [5, 5.41) is 9.96. The maximum Gasteiger partial charge on any atom is 0.228 e. The number of hydrogen-bond donors (Lipinski definition) is 2. The lowest BCUT2D eigenvalue weighted by Gasteiger charge is -2.25. The first-order chi connectivity index (χ1) is 10.2. The van der Waals surface area contributed by atoms with Gasteiger partial charge in [0.1, 0.15) is 0 Å². The van der Waals surface area contributed by atoms with Crippen LogP contribution in [0.2, 0.25) is 0 Å². The lowest BCUT2D eigenvalue weighted by atomic mass is 9.93. The number of aryl methyl sites for hydroxylation is 1. The Bertz CT molecular complexity index is 638. The second-order valence-corrected chi connectivity index (χ2v) is 5.22. The number of nitrogens with one attached hydrogen (secondary N) is 2. The maximum absolute atomic E-state index is 12.2. The van der Waals surface area contributed by atoms with Crippen LogP contribution in [-0.4, -0.2) is 29.1 Å². The van der Waals surface area contributed by atoms with E-state index >= 15 is 0 Å². The van der Waals surface area contributed by atoms with Crippen molar-refractivity contribution in [2.75, 3.05) is 18.4 Å². The first kappa shape index (κ1) is 13.6. The molecular formula is C15H18N4O2. The van der Waals surface area contributed by atoms with Crippen molar-refractivity contribution in [3.63, 3.8) is 0 Å². The van der Waals surface area contributed by atoms with Gasteiger partial charge in [-0.25, -0.2) is 0 Å². The molecule has 0 saturated heterocycles. The van der Waals surface area contributed by atoms with Crippen LogP contribution in [0.5, 0.6) is 0 Å². The molecule has 1 aliphatic rings. The van der Waals surface area contributed by atoms with Crippen molar-refractivity contribution in [1.29, 1.82) is 0 Å². The normalized spacial score (nSPS) is 16.9. The number of rotatable bonds is 4. The van der Waals surface area contributed by atoms with Crippen molar-refractivity contribution >= 4 is 11.6 Å². The Hall–Kier alpha value is -2.37. The number of amides is 1. The van der Waals surface area contributed by atoms with Crippen LogP contribution in [0.3, 0.4) is 0 Å². The van der Waals surface area contributed by atoms with Crippen molar-refractivity contribution in [2.24, 2.45) is 5.92 Å². The van der Waals surface area contributed by atoms with E-state index in [1.165, 1.54) is 5.56 Å². The number of benzene rings is 1. The molecule has 1 atom stereocenters. The number of carbonyl (C=O) groups excluding carboxylic acids is 1. The van der Waals surface area contributed by atoms with E-state index in [9.17, 15) is 4.79 Å². The molecule has 0 bridgehead atoms. The third-order valence-corrected chi connectivity index (χ3v) is 3.60. The average molecular weight is 286 g/mol. The van der Waals surface area contributed by atoms with E-state index in [-0.39, 0.29) is 11.8 Å². The molecule has 21 heavy (non-hydrogen) atoms. The van der Waals surface area contributed by atoms with Crippen molar-refractivity contribution < 1.29 is 9.32 Å². The van der Waals surface area contributed by atoms with E-state index in [0.29, 0.717) is 31.2 Å². The highest BCUT2D eigenvalue weighted by molar-refractivity contribution is 5.80. The van der Waals surface area contributed by atoms with Crippen LogP contribution in [0, 0.1) is 12.8 Å². The summed E-state index contributed by atoms with van der Waals surface area (Å²) in [4.78, 5) is 16.3. The lowest BCUT2D eigenvalue weighted by molar-refractivity contribution is -0.124. The van der Waals surface area contributed by atoms with E-state index in [1.54, 1.807) is 6.92 Å². The summed E-state index contributed by atoms with van der Waals surface area (Å²) in [6, 6.07) is 8.10. The van der Waals surface area contributed by atoms with Gasteiger partial charge in [0, 0.05) is 25.2 Å². The predicted molar refractivity (Wildman–Crippen MR) is 77.9 cm³/mol. The fourth-order valence-electron chi connectivity index (χ4n) is 2.51. The molecule has 110 valence electrons. The highest BCUT2D eigenvalue weighted by Gasteiger charge is 2.23. The van der Waals surface area contributed by atoms with Gasteiger partial charge in [0.15, 0.2) is 5.82 Å². The van der Waals surface area contributed by atoms with Crippen molar-refractivity contribution in [3.8, 4) is 0 Å². The summed E-state index contributed by atoms with van der Waals surface area (Å²) in [6.45, 7) is 2.96. The van der Waals surface area contributed by atoms with Gasteiger partial charge in [-0.3, -0.25) is 4.79 Å². The van der Waals surface area contributed by atoms with Gasteiger partial charge in [-0.15, -0.1) is 0 Å². The second-order valence-electron chi connectivity index (χ2n) is 5.22. The molecule has 6 heteroatoms. The van der Waals surface area contributed by atoms with Crippen LogP contribution >= 0.6 is 0 Å². The summed E-state index contributed by atoms with van der Waals surface area (Å²) in [5.41, 5.74) is 2.32. The molecule has 0 aliphatic carbocycles. The smallest absolute Gasteiger partial charge is 0.228 e. The van der Waals surface area contributed by atoms with Gasteiger partial charge in [0.25, 0.3) is 0 Å². The number of hydrogen-bond acceptors (Lipinski definition) is 5. The molecule has 2 N–H and O–H groups in total. The number of carbonyl (C=O) groups is 1. The molecule has 0 radical (unpaired) electrons. The fraction of sp³-hybridized carbons (Fsp3) is 0.400. The quantitative estimate of drug-likeness (QED) is 0.886. The van der Waals surface area contributed by atoms with Crippen LogP contribution in [0.15, 0.2) is 28.8 Å². The van der Waals surface area contributed by atoms with Crippen LogP contribution in [-0.2, 0) is 17.6 Å². The zero-order valence-corrected chi connectivity index (χ0v) is 11.9. The summed E-state index contributed by atoms with van der Waals surface area (Å²) in [6.07, 6.45) is 1.33. The second kappa shape index (κ2) is 5.95. The van der Waals surface area contributed by atoms with Crippen LogP contribution in [0.25, 0.3) is 0 Å². The third kappa shape index (κ3) is 3.21. The Morgan fingerprint density at radius 1 is 1.48 bits per heavy atom. The molecule has 0 saturated carbocycles. The zero-order chi connectivity index (χ0) is 14.7. The molecule has 2 aromatic rings. The van der Waals surface area contributed by atoms with Crippen molar-refractivity contribution in [2.45, 2.75) is 19.8 Å². The van der Waals surface area contributed by atoms with Gasteiger partial charge in [-0.2, -0.15) is 4.98 Å². The molecule has 0 fully saturated rings. The minimum absolute atomic E-state index is 0.0377. The Labute approximate surface area is 122 Å². The molecule has 1 amide bonds. The molecule has 3 rings (SSSR count). The van der Waals surface area contributed by atoms with Gasteiger partial charge in [0.05, 0.1) is 5.92 Å². The van der Waals surface area contributed by atoms with Crippen LogP contribution in [0.1, 0.15) is 17.3 Å². The molecule has 6 nitrogen and oxygen atoms in total. The van der Waals surface area contributed by atoms with Gasteiger partial charge in [0.2, 0.25) is 11.8 Å². The van der Waals surface area contributed by atoms with E-state index in [0.717, 1.165) is 12.1 Å². The van der Waals surface area contributed by atoms with E-state index in [4.69, 9.17) is 4.52 Å². The number of para-hydroxylation sites is 1. The number of fused-ring (bicyclic) bond motifs is 1. The summed E-state index contributed by atoms with van der Waals surface area (Å²) in [5.74, 6) is 1.20. The number of anilines is 1. The Morgan fingerprint density at radius 3 is 3.14 bits per heavy atom. The van der Waals surface area contributed by atoms with Gasteiger partial charge >= 0.3 is 0 Å². The topological polar surface area (TPSA) is 80.0 Å². The van der Waals surface area contributed by atoms with Crippen molar-refractivity contribution in [1.82, 2.24) is 15.5 Å². The minimum atomic E-state index is -0.0377. The summed E-state index contributed by atoms with van der Waals surface area (Å²) < 4.78 is 5.01. The Kier molecular flexibility index (Phi) is 3.85. The highest BCUT2D eigenvalue weighted by atomic mass is 16.5. The molecule has 0 spiro atoms. The number of aromatic nitrogens is 2. The van der Waals surface area contributed by atoms with Gasteiger partial charge in [-0.05, 0) is 25.0 Å². The zero-order valence-electron chi connectivity index (χ0n) is 11.9. The first-order valence-electron chi connectivity index (χ1n) is 7.11. The molecule has 1 aliphatic heterocycles. The summed E-state index contributed by atoms with van der Waals surface area (Å²) >= 11 is 0. The maximum atomic E-state index is 12.2. The average Bonchev–Trinajstić information content (AvgIpc) is 2.92. The lowest BCUT2D eigenvalue weighted by Crippen LogP contribution is -2.38. The molecular weight excluding hydrogens is 268 g/mol. The third-order valence-electron chi connectivity index (χ3n) is 3.60. The van der Waals surface area contributed by atoms with Crippen LogP contribution < -0.4 is 10.6 Å². The fourth-order valence-corrected chi connectivity index (χ4v) is 2.51. The summed E-state index contributed by atoms with van der Waals surface area (Å²) in [7, 11) is 0. The van der Waals surface area contributed by atoms with E-state index < -0.39 is 0 Å².